The van der Waals surface area contributed by atoms with Gasteiger partial charge in [-0.05, 0) is 52.6 Å². The Morgan fingerprint density at radius 2 is 1.62 bits per heavy atom. The molecule has 0 unspecified atom stereocenters. The molecule has 4 aliphatic heterocycles. The highest BCUT2D eigenvalue weighted by Crippen LogP contribution is 2.31. The van der Waals surface area contributed by atoms with Crippen LogP contribution < -0.4 is 0 Å². The van der Waals surface area contributed by atoms with Crippen LogP contribution in [0.1, 0.15) is 33.6 Å². The molecule has 0 radical (unpaired) electrons. The molecule has 0 saturated carbocycles. The number of carbonyl (C=O) groups excluding carboxylic acids is 1. The lowest BCUT2D eigenvalue weighted by Crippen LogP contribution is -2.61. The van der Waals surface area contributed by atoms with Crippen LogP contribution in [-0.4, -0.2) is 78.2 Å². The first-order valence-corrected chi connectivity index (χ1v) is 8.37. The summed E-state index contributed by atoms with van der Waals surface area (Å²) in [4.78, 5) is 19.2. The van der Waals surface area contributed by atoms with E-state index in [4.69, 9.17) is 4.74 Å². The minimum absolute atomic E-state index is 0.156. The molecule has 4 saturated heterocycles. The van der Waals surface area contributed by atoms with Crippen molar-refractivity contribution in [2.45, 2.75) is 45.3 Å². The number of fused-ring (bicyclic) bond motifs is 3. The van der Waals surface area contributed by atoms with Crippen molar-refractivity contribution in [1.82, 2.24) is 14.7 Å². The number of carbonyl (C=O) groups is 1. The average Bonchev–Trinajstić information content (AvgIpc) is 2.47. The molecule has 5 nitrogen and oxygen atoms in total. The maximum atomic E-state index is 12.1. The van der Waals surface area contributed by atoms with Crippen molar-refractivity contribution < 1.29 is 9.53 Å². The molecule has 21 heavy (non-hydrogen) atoms. The molecule has 2 bridgehead atoms. The molecular weight excluding hydrogens is 266 g/mol. The van der Waals surface area contributed by atoms with Crippen molar-refractivity contribution >= 4 is 6.09 Å². The lowest BCUT2D eigenvalue weighted by Gasteiger charge is -2.50. The van der Waals surface area contributed by atoms with Crippen molar-refractivity contribution in [3.63, 3.8) is 0 Å². The predicted octanol–water partition coefficient (Wildman–Crippen LogP) is 1.63. The van der Waals surface area contributed by atoms with E-state index < -0.39 is 5.60 Å². The van der Waals surface area contributed by atoms with Crippen LogP contribution in [0.4, 0.5) is 4.79 Å². The second-order valence-electron chi connectivity index (χ2n) is 7.71. The third-order valence-corrected chi connectivity index (χ3v) is 5.06. The zero-order valence-corrected chi connectivity index (χ0v) is 13.7. The van der Waals surface area contributed by atoms with E-state index in [1.54, 1.807) is 0 Å². The molecule has 0 spiro atoms. The largest absolute Gasteiger partial charge is 0.444 e. The van der Waals surface area contributed by atoms with Gasteiger partial charge in [-0.1, -0.05) is 0 Å². The summed E-state index contributed by atoms with van der Waals surface area (Å²) in [6, 6.07) is 0.716. The number of rotatable bonds is 1. The maximum Gasteiger partial charge on any atom is 0.410 e. The third kappa shape index (κ3) is 3.51. The molecule has 4 fully saturated rings. The SMILES string of the molecule is CC(C)(C)OC(=O)N1CCN([C@H]2CN3CCC2CC3)CC1. The van der Waals surface area contributed by atoms with Crippen LogP contribution in [0.3, 0.4) is 0 Å². The molecular formula is C16H29N3O2. The van der Waals surface area contributed by atoms with Gasteiger partial charge in [0.1, 0.15) is 5.60 Å². The van der Waals surface area contributed by atoms with E-state index >= 15 is 0 Å². The smallest absolute Gasteiger partial charge is 0.410 e. The average molecular weight is 295 g/mol. The topological polar surface area (TPSA) is 36.0 Å². The number of nitrogens with zero attached hydrogens (tertiary/aromatic N) is 3. The summed E-state index contributed by atoms with van der Waals surface area (Å²) in [6.07, 6.45) is 2.56. The number of amides is 1. The fourth-order valence-corrected chi connectivity index (χ4v) is 3.91. The molecule has 5 heteroatoms. The van der Waals surface area contributed by atoms with Crippen LogP contribution in [0.15, 0.2) is 0 Å². The Kier molecular flexibility index (Phi) is 4.14. The highest BCUT2D eigenvalue weighted by atomic mass is 16.6. The Morgan fingerprint density at radius 1 is 1.00 bits per heavy atom. The summed E-state index contributed by atoms with van der Waals surface area (Å²) >= 11 is 0. The maximum absolute atomic E-state index is 12.1. The van der Waals surface area contributed by atoms with Gasteiger partial charge in [0, 0.05) is 38.8 Å². The highest BCUT2D eigenvalue weighted by molar-refractivity contribution is 5.68. The van der Waals surface area contributed by atoms with Gasteiger partial charge in [-0.25, -0.2) is 4.79 Å². The van der Waals surface area contributed by atoms with Gasteiger partial charge in [-0.3, -0.25) is 4.90 Å². The monoisotopic (exact) mass is 295 g/mol. The molecule has 1 amide bonds. The molecule has 0 aromatic carbocycles. The zero-order valence-electron chi connectivity index (χ0n) is 13.7. The van der Waals surface area contributed by atoms with Crippen molar-refractivity contribution in [3.05, 3.63) is 0 Å². The fourth-order valence-electron chi connectivity index (χ4n) is 3.91. The van der Waals surface area contributed by atoms with Crippen molar-refractivity contribution in [1.29, 1.82) is 0 Å². The Morgan fingerprint density at radius 3 is 2.10 bits per heavy atom. The summed E-state index contributed by atoms with van der Waals surface area (Å²) < 4.78 is 5.47. The van der Waals surface area contributed by atoms with Gasteiger partial charge in [0.2, 0.25) is 0 Å². The van der Waals surface area contributed by atoms with E-state index in [1.807, 2.05) is 25.7 Å². The minimum Gasteiger partial charge on any atom is -0.444 e. The Hall–Kier alpha value is -0.810. The molecule has 0 aromatic heterocycles. The normalized spacial score (nSPS) is 34.0. The van der Waals surface area contributed by atoms with E-state index in [1.165, 1.54) is 32.5 Å². The van der Waals surface area contributed by atoms with Crippen molar-refractivity contribution in [2.75, 3.05) is 45.8 Å². The molecule has 0 aliphatic carbocycles. The number of piperidine rings is 3. The quantitative estimate of drug-likeness (QED) is 0.737. The van der Waals surface area contributed by atoms with Gasteiger partial charge in [0.15, 0.2) is 0 Å². The highest BCUT2D eigenvalue weighted by Gasteiger charge is 2.38. The van der Waals surface area contributed by atoms with Crippen LogP contribution in [0.5, 0.6) is 0 Å². The summed E-state index contributed by atoms with van der Waals surface area (Å²) in [5, 5.41) is 0. The van der Waals surface area contributed by atoms with E-state index in [2.05, 4.69) is 9.80 Å². The van der Waals surface area contributed by atoms with E-state index in [0.29, 0.717) is 6.04 Å². The van der Waals surface area contributed by atoms with Gasteiger partial charge in [-0.15, -0.1) is 0 Å². The molecule has 4 rings (SSSR count). The standard InChI is InChI=1S/C16H29N3O2/c1-16(2,3)21-15(20)19-10-8-18(9-11-19)14-12-17-6-4-13(14)5-7-17/h13-14H,4-12H2,1-3H3/t14-/m0/s1. The van der Waals surface area contributed by atoms with Crippen LogP contribution in [-0.2, 0) is 4.74 Å². The lowest BCUT2D eigenvalue weighted by atomic mass is 9.83. The molecule has 4 heterocycles. The first-order chi connectivity index (χ1) is 9.92. The van der Waals surface area contributed by atoms with Gasteiger partial charge in [-0.2, -0.15) is 0 Å². The first-order valence-electron chi connectivity index (χ1n) is 8.37. The van der Waals surface area contributed by atoms with Gasteiger partial charge >= 0.3 is 6.09 Å². The van der Waals surface area contributed by atoms with Gasteiger partial charge < -0.3 is 14.5 Å². The Balaban J connectivity index is 1.50. The number of hydrogen-bond donors (Lipinski definition) is 0. The number of ether oxygens (including phenoxy) is 1. The number of hydrogen-bond acceptors (Lipinski definition) is 4. The van der Waals surface area contributed by atoms with Crippen LogP contribution >= 0.6 is 0 Å². The molecule has 120 valence electrons. The van der Waals surface area contributed by atoms with Gasteiger partial charge in [0.25, 0.3) is 0 Å². The molecule has 0 N–H and O–H groups in total. The van der Waals surface area contributed by atoms with Crippen molar-refractivity contribution in [3.8, 4) is 0 Å². The van der Waals surface area contributed by atoms with Gasteiger partial charge in [0.05, 0.1) is 0 Å². The van der Waals surface area contributed by atoms with Crippen molar-refractivity contribution in [2.24, 2.45) is 5.92 Å². The first kappa shape index (κ1) is 15.1. The summed E-state index contributed by atoms with van der Waals surface area (Å²) in [7, 11) is 0. The second kappa shape index (κ2) is 5.76. The van der Waals surface area contributed by atoms with Crippen LogP contribution in [0.25, 0.3) is 0 Å². The molecule has 1 atom stereocenters. The molecule has 4 aliphatic rings. The van der Waals surface area contributed by atoms with E-state index in [-0.39, 0.29) is 6.09 Å². The molecule has 0 aromatic rings. The number of piperazine rings is 1. The summed E-state index contributed by atoms with van der Waals surface area (Å²) in [6.45, 7) is 13.2. The Labute approximate surface area is 128 Å². The van der Waals surface area contributed by atoms with Crippen LogP contribution in [0, 0.1) is 5.92 Å². The third-order valence-electron chi connectivity index (χ3n) is 5.06. The lowest BCUT2D eigenvalue weighted by molar-refractivity contribution is -0.0240. The second-order valence-corrected chi connectivity index (χ2v) is 7.71. The fraction of sp³-hybridized carbons (Fsp3) is 0.938. The Bertz CT molecular complexity index is 377. The zero-order chi connectivity index (χ0) is 15.0. The predicted molar refractivity (Wildman–Crippen MR) is 82.3 cm³/mol. The van der Waals surface area contributed by atoms with E-state index in [0.717, 1.165) is 32.1 Å². The summed E-state index contributed by atoms with van der Waals surface area (Å²) in [5.41, 5.74) is -0.399. The van der Waals surface area contributed by atoms with E-state index in [9.17, 15) is 4.79 Å². The summed E-state index contributed by atoms with van der Waals surface area (Å²) in [5.74, 6) is 0.878. The van der Waals surface area contributed by atoms with Crippen LogP contribution in [0.2, 0.25) is 0 Å². The minimum atomic E-state index is -0.399.